The maximum Gasteiger partial charge on any atom is 0.420 e. The van der Waals surface area contributed by atoms with Crippen LogP contribution in [0.1, 0.15) is 5.56 Å². The third kappa shape index (κ3) is 2.67. The van der Waals surface area contributed by atoms with Gasteiger partial charge in [-0.1, -0.05) is 0 Å². The SMILES string of the molecule is O=S(=O)(Cl)c1c(Br)ccc(F)c1C(F)(F)F. The maximum atomic E-state index is 13.0. The Hall–Kier alpha value is -0.340. The van der Waals surface area contributed by atoms with Crippen LogP contribution >= 0.6 is 26.6 Å². The molecule has 0 aliphatic rings. The Balaban J connectivity index is 3.78. The molecule has 0 saturated heterocycles. The Labute approximate surface area is 101 Å². The van der Waals surface area contributed by atoms with Gasteiger partial charge in [0.15, 0.2) is 0 Å². The molecule has 1 aromatic carbocycles. The molecule has 0 atom stereocenters. The van der Waals surface area contributed by atoms with Gasteiger partial charge in [0.25, 0.3) is 9.05 Å². The molecule has 90 valence electrons. The first kappa shape index (κ1) is 13.7. The summed E-state index contributed by atoms with van der Waals surface area (Å²) in [6.45, 7) is 0. The van der Waals surface area contributed by atoms with Crippen molar-refractivity contribution in [2.24, 2.45) is 0 Å². The predicted octanol–water partition coefficient (Wildman–Crippen LogP) is 3.53. The van der Waals surface area contributed by atoms with Crippen molar-refractivity contribution >= 4 is 35.7 Å². The molecule has 0 radical (unpaired) electrons. The number of benzene rings is 1. The van der Waals surface area contributed by atoms with Gasteiger partial charge >= 0.3 is 6.18 Å². The molecular formula is C7H2BrClF4O2S. The summed E-state index contributed by atoms with van der Waals surface area (Å²) in [5.41, 5.74) is -1.91. The summed E-state index contributed by atoms with van der Waals surface area (Å²) in [5.74, 6) is -1.70. The summed E-state index contributed by atoms with van der Waals surface area (Å²) in [5, 5.41) is 0. The summed E-state index contributed by atoms with van der Waals surface area (Å²) in [6.07, 6.45) is -5.15. The topological polar surface area (TPSA) is 34.1 Å². The molecule has 2 nitrogen and oxygen atoms in total. The molecule has 0 aliphatic carbocycles. The molecule has 0 aliphatic heterocycles. The lowest BCUT2D eigenvalue weighted by molar-refractivity contribution is -0.142. The van der Waals surface area contributed by atoms with Gasteiger partial charge in [0.1, 0.15) is 16.3 Å². The van der Waals surface area contributed by atoms with Crippen molar-refractivity contribution in [3.63, 3.8) is 0 Å². The Morgan fingerprint density at radius 2 is 1.75 bits per heavy atom. The van der Waals surface area contributed by atoms with E-state index in [0.717, 1.165) is 6.07 Å². The van der Waals surface area contributed by atoms with Crippen LogP contribution in [0.25, 0.3) is 0 Å². The summed E-state index contributed by atoms with van der Waals surface area (Å²) >= 11 is 2.58. The molecule has 0 spiro atoms. The molecular weight excluding hydrogens is 339 g/mol. The first-order valence-electron chi connectivity index (χ1n) is 3.55. The molecule has 1 rings (SSSR count). The van der Waals surface area contributed by atoms with Crippen molar-refractivity contribution in [1.29, 1.82) is 0 Å². The number of halogens is 6. The minimum Gasteiger partial charge on any atom is -0.207 e. The fraction of sp³-hybridized carbons (Fsp3) is 0.143. The molecule has 9 heteroatoms. The molecule has 0 bridgehead atoms. The van der Waals surface area contributed by atoms with Crippen molar-refractivity contribution in [1.82, 2.24) is 0 Å². The van der Waals surface area contributed by atoms with Crippen LogP contribution in [-0.2, 0) is 15.2 Å². The molecule has 0 fully saturated rings. The number of hydrogen-bond donors (Lipinski definition) is 0. The second kappa shape index (κ2) is 4.15. The summed E-state index contributed by atoms with van der Waals surface area (Å²) in [6, 6.07) is 1.33. The van der Waals surface area contributed by atoms with Crippen molar-refractivity contribution in [3.8, 4) is 0 Å². The molecule has 0 amide bonds. The summed E-state index contributed by atoms with van der Waals surface area (Å²) in [7, 11) is 0.118. The smallest absolute Gasteiger partial charge is 0.207 e. The van der Waals surface area contributed by atoms with E-state index in [1.807, 2.05) is 0 Å². The fourth-order valence-corrected chi connectivity index (χ4v) is 3.52. The molecule has 16 heavy (non-hydrogen) atoms. The second-order valence-electron chi connectivity index (χ2n) is 2.67. The monoisotopic (exact) mass is 340 g/mol. The lowest BCUT2D eigenvalue weighted by atomic mass is 10.2. The van der Waals surface area contributed by atoms with Crippen LogP contribution < -0.4 is 0 Å². The van der Waals surface area contributed by atoms with E-state index in [1.54, 1.807) is 0 Å². The second-order valence-corrected chi connectivity index (χ2v) is 6.03. The predicted molar refractivity (Wildman–Crippen MR) is 52.1 cm³/mol. The van der Waals surface area contributed by atoms with Gasteiger partial charge in [0.05, 0.1) is 0 Å². The largest absolute Gasteiger partial charge is 0.420 e. The van der Waals surface area contributed by atoms with Crippen LogP contribution in [0.2, 0.25) is 0 Å². The highest BCUT2D eigenvalue weighted by Gasteiger charge is 2.41. The van der Waals surface area contributed by atoms with Crippen LogP contribution in [0.4, 0.5) is 17.6 Å². The molecule has 0 saturated carbocycles. The van der Waals surface area contributed by atoms with E-state index in [4.69, 9.17) is 10.7 Å². The van der Waals surface area contributed by atoms with Gasteiger partial charge in [0.2, 0.25) is 0 Å². The Bertz CT molecular complexity index is 526. The minimum absolute atomic E-state index is 0.448. The zero-order valence-corrected chi connectivity index (χ0v) is 10.3. The van der Waals surface area contributed by atoms with Crippen molar-refractivity contribution in [2.75, 3.05) is 0 Å². The van der Waals surface area contributed by atoms with E-state index >= 15 is 0 Å². The van der Waals surface area contributed by atoms with Crippen molar-refractivity contribution in [2.45, 2.75) is 11.1 Å². The Kier molecular flexibility index (Phi) is 3.56. The highest BCUT2D eigenvalue weighted by Crippen LogP contribution is 2.40. The van der Waals surface area contributed by atoms with Gasteiger partial charge in [-0.3, -0.25) is 0 Å². The normalized spacial score (nSPS) is 12.9. The lowest BCUT2D eigenvalue weighted by Crippen LogP contribution is -2.14. The maximum absolute atomic E-state index is 13.0. The van der Waals surface area contributed by atoms with Gasteiger partial charge in [0, 0.05) is 15.2 Å². The highest BCUT2D eigenvalue weighted by atomic mass is 79.9. The van der Waals surface area contributed by atoms with Gasteiger partial charge in [-0.25, -0.2) is 12.8 Å². The zero-order valence-electron chi connectivity index (χ0n) is 7.15. The molecule has 0 aromatic heterocycles. The third-order valence-corrected chi connectivity index (χ3v) is 3.88. The third-order valence-electron chi connectivity index (χ3n) is 1.59. The van der Waals surface area contributed by atoms with E-state index < -0.39 is 36.0 Å². The van der Waals surface area contributed by atoms with Crippen molar-refractivity contribution < 1.29 is 26.0 Å². The highest BCUT2D eigenvalue weighted by molar-refractivity contribution is 9.10. The average molecular weight is 342 g/mol. The number of alkyl halides is 3. The molecule has 0 heterocycles. The summed E-state index contributed by atoms with van der Waals surface area (Å²) in [4.78, 5) is -1.32. The van der Waals surface area contributed by atoms with E-state index in [-0.39, 0.29) is 0 Å². The van der Waals surface area contributed by atoms with Gasteiger partial charge in [-0.2, -0.15) is 13.2 Å². The lowest BCUT2D eigenvalue weighted by Gasteiger charge is -2.12. The minimum atomic E-state index is -5.15. The van der Waals surface area contributed by atoms with Crippen LogP contribution in [0.5, 0.6) is 0 Å². The molecule has 0 N–H and O–H groups in total. The molecule has 1 aromatic rings. The van der Waals surface area contributed by atoms with E-state index in [2.05, 4.69) is 15.9 Å². The average Bonchev–Trinajstić information content (AvgIpc) is 2.04. The van der Waals surface area contributed by atoms with Gasteiger partial charge in [-0.15, -0.1) is 0 Å². The number of hydrogen-bond acceptors (Lipinski definition) is 2. The van der Waals surface area contributed by atoms with E-state index in [9.17, 15) is 26.0 Å². The number of rotatable bonds is 1. The van der Waals surface area contributed by atoms with Crippen molar-refractivity contribution in [3.05, 3.63) is 28.0 Å². The van der Waals surface area contributed by atoms with E-state index in [0.29, 0.717) is 6.07 Å². The van der Waals surface area contributed by atoms with Gasteiger partial charge in [-0.05, 0) is 28.1 Å². The Morgan fingerprint density at radius 1 is 1.25 bits per heavy atom. The van der Waals surface area contributed by atoms with Crippen LogP contribution in [0.3, 0.4) is 0 Å². The fourth-order valence-electron chi connectivity index (χ4n) is 1.04. The van der Waals surface area contributed by atoms with Crippen LogP contribution in [0, 0.1) is 5.82 Å². The van der Waals surface area contributed by atoms with Gasteiger partial charge < -0.3 is 0 Å². The first-order valence-corrected chi connectivity index (χ1v) is 6.65. The quantitative estimate of drug-likeness (QED) is 0.578. The van der Waals surface area contributed by atoms with E-state index in [1.165, 1.54) is 0 Å². The van der Waals surface area contributed by atoms with Crippen LogP contribution in [0.15, 0.2) is 21.5 Å². The summed E-state index contributed by atoms with van der Waals surface area (Å²) < 4.78 is 71.7. The molecule has 0 unspecified atom stereocenters. The zero-order chi connectivity index (χ0) is 12.7. The Morgan fingerprint density at radius 3 is 2.06 bits per heavy atom. The first-order chi connectivity index (χ1) is 7.05. The van der Waals surface area contributed by atoms with Crippen LogP contribution in [-0.4, -0.2) is 8.42 Å². The standard InChI is InChI=1S/C7H2BrClF4O2S/c8-3-1-2-4(10)5(7(11,12)13)6(3)16(9,14)15/h1-2H.